The van der Waals surface area contributed by atoms with Gasteiger partial charge in [-0.05, 0) is 6.92 Å². The molecule has 0 bridgehead atoms. The summed E-state index contributed by atoms with van der Waals surface area (Å²) in [4.78, 5) is 26.7. The maximum atomic E-state index is 11.5. The normalized spacial score (nSPS) is 9.94. The first-order valence-corrected chi connectivity index (χ1v) is 5.94. The fourth-order valence-electron chi connectivity index (χ4n) is 1.00. The lowest BCUT2D eigenvalue weighted by Crippen LogP contribution is -2.05. The fourth-order valence-corrected chi connectivity index (χ4v) is 2.20. The Morgan fingerprint density at radius 1 is 1.56 bits per heavy atom. The van der Waals surface area contributed by atoms with Crippen LogP contribution in [0.15, 0.2) is 0 Å². The van der Waals surface area contributed by atoms with Gasteiger partial charge in [0.15, 0.2) is 5.13 Å². The molecule has 5 nitrogen and oxygen atoms in total. The monoisotopic (exact) mass is 262 g/mol. The van der Waals surface area contributed by atoms with E-state index in [0.717, 1.165) is 11.3 Å². The van der Waals surface area contributed by atoms with Crippen LogP contribution in [0.4, 0.5) is 5.13 Å². The second-order valence-electron chi connectivity index (χ2n) is 2.83. The Kier molecular flexibility index (Phi) is 4.70. The minimum absolute atomic E-state index is 0.101. The third-order valence-electron chi connectivity index (χ3n) is 1.57. The summed E-state index contributed by atoms with van der Waals surface area (Å²) >= 11 is 6.71. The van der Waals surface area contributed by atoms with E-state index in [1.165, 1.54) is 6.92 Å². The number of nitrogens with one attached hydrogen (secondary N) is 1. The van der Waals surface area contributed by atoms with E-state index in [-0.39, 0.29) is 18.4 Å². The summed E-state index contributed by atoms with van der Waals surface area (Å²) < 4.78 is 4.85. The molecule has 0 aliphatic heterocycles. The smallest absolute Gasteiger partial charge is 0.350 e. The van der Waals surface area contributed by atoms with E-state index in [4.69, 9.17) is 16.3 Å². The Hall–Kier alpha value is -1.14. The standard InChI is InChI=1S/C9H11ClN2O3S/c1-3-15-8(14)7-6(4-10)12-9(16-7)11-5(2)13/h3-4H2,1-2H3,(H,11,12,13). The highest BCUT2D eigenvalue weighted by Crippen LogP contribution is 2.25. The summed E-state index contributed by atoms with van der Waals surface area (Å²) in [5.74, 6) is -0.609. The molecular formula is C9H11ClN2O3S. The van der Waals surface area contributed by atoms with Crippen LogP contribution in [0.2, 0.25) is 0 Å². The first kappa shape index (κ1) is 12.9. The van der Waals surface area contributed by atoms with Gasteiger partial charge in [-0.3, -0.25) is 4.79 Å². The van der Waals surface area contributed by atoms with Crippen molar-refractivity contribution < 1.29 is 14.3 Å². The number of halogens is 1. The highest BCUT2D eigenvalue weighted by molar-refractivity contribution is 7.17. The molecule has 0 saturated carbocycles. The van der Waals surface area contributed by atoms with Gasteiger partial charge in [-0.2, -0.15) is 0 Å². The van der Waals surface area contributed by atoms with Crippen molar-refractivity contribution in [2.24, 2.45) is 0 Å². The van der Waals surface area contributed by atoms with Gasteiger partial charge in [-0.15, -0.1) is 11.6 Å². The van der Waals surface area contributed by atoms with Gasteiger partial charge >= 0.3 is 5.97 Å². The average Bonchev–Trinajstić information content (AvgIpc) is 2.60. The summed E-state index contributed by atoms with van der Waals surface area (Å²) in [6, 6.07) is 0. The number of aromatic nitrogens is 1. The molecule has 0 atom stereocenters. The molecule has 1 N–H and O–H groups in total. The van der Waals surface area contributed by atoms with Crippen molar-refractivity contribution in [2.75, 3.05) is 11.9 Å². The Bertz CT molecular complexity index is 405. The number of hydrogen-bond acceptors (Lipinski definition) is 5. The molecule has 1 rings (SSSR count). The summed E-state index contributed by atoms with van der Waals surface area (Å²) in [7, 11) is 0. The first-order valence-electron chi connectivity index (χ1n) is 4.58. The molecule has 7 heteroatoms. The van der Waals surface area contributed by atoms with Crippen LogP contribution in [-0.4, -0.2) is 23.5 Å². The molecule has 88 valence electrons. The predicted molar refractivity (Wildman–Crippen MR) is 61.9 cm³/mol. The van der Waals surface area contributed by atoms with Gasteiger partial charge in [-0.25, -0.2) is 9.78 Å². The Labute approximate surface area is 102 Å². The third-order valence-corrected chi connectivity index (χ3v) is 2.81. The zero-order chi connectivity index (χ0) is 12.1. The first-order chi connectivity index (χ1) is 7.58. The average molecular weight is 263 g/mol. The number of carbonyl (C=O) groups is 2. The lowest BCUT2D eigenvalue weighted by Gasteiger charge is -1.98. The zero-order valence-corrected chi connectivity index (χ0v) is 10.4. The molecule has 1 heterocycles. The van der Waals surface area contributed by atoms with Gasteiger partial charge in [-0.1, -0.05) is 11.3 Å². The molecule has 0 fully saturated rings. The predicted octanol–water partition coefficient (Wildman–Crippen LogP) is 2.02. The number of alkyl halides is 1. The highest BCUT2D eigenvalue weighted by Gasteiger charge is 2.18. The van der Waals surface area contributed by atoms with Gasteiger partial charge in [0.25, 0.3) is 0 Å². The summed E-state index contributed by atoms with van der Waals surface area (Å²) in [5.41, 5.74) is 0.425. The molecule has 0 aromatic carbocycles. The van der Waals surface area contributed by atoms with Crippen molar-refractivity contribution in [3.63, 3.8) is 0 Å². The van der Waals surface area contributed by atoms with E-state index in [1.54, 1.807) is 6.92 Å². The van der Waals surface area contributed by atoms with Gasteiger partial charge in [0.1, 0.15) is 4.88 Å². The van der Waals surface area contributed by atoms with Crippen molar-refractivity contribution in [1.82, 2.24) is 4.98 Å². The Morgan fingerprint density at radius 3 is 2.75 bits per heavy atom. The third kappa shape index (κ3) is 3.18. The van der Waals surface area contributed by atoms with Crippen molar-refractivity contribution in [2.45, 2.75) is 19.7 Å². The molecule has 16 heavy (non-hydrogen) atoms. The molecular weight excluding hydrogens is 252 g/mol. The number of thiazole rings is 1. The maximum Gasteiger partial charge on any atom is 0.350 e. The van der Waals surface area contributed by atoms with Crippen LogP contribution < -0.4 is 5.32 Å². The van der Waals surface area contributed by atoms with Crippen LogP contribution >= 0.6 is 22.9 Å². The number of rotatable bonds is 4. The Morgan fingerprint density at radius 2 is 2.25 bits per heavy atom. The number of nitrogens with zero attached hydrogens (tertiary/aromatic N) is 1. The SMILES string of the molecule is CCOC(=O)c1sc(NC(C)=O)nc1CCl. The van der Waals surface area contributed by atoms with Crippen LogP contribution in [0.3, 0.4) is 0 Å². The number of hydrogen-bond donors (Lipinski definition) is 1. The van der Waals surface area contributed by atoms with Gasteiger partial charge in [0, 0.05) is 6.92 Å². The van der Waals surface area contributed by atoms with Crippen molar-refractivity contribution >= 4 is 39.9 Å². The van der Waals surface area contributed by atoms with Crippen molar-refractivity contribution in [1.29, 1.82) is 0 Å². The van der Waals surface area contributed by atoms with Crippen LogP contribution in [-0.2, 0) is 15.4 Å². The van der Waals surface area contributed by atoms with E-state index < -0.39 is 5.97 Å². The molecule has 0 saturated heterocycles. The van der Waals surface area contributed by atoms with E-state index in [2.05, 4.69) is 10.3 Å². The fraction of sp³-hybridized carbons (Fsp3) is 0.444. The highest BCUT2D eigenvalue weighted by atomic mass is 35.5. The minimum Gasteiger partial charge on any atom is -0.462 e. The molecule has 0 radical (unpaired) electrons. The number of esters is 1. The molecule has 0 unspecified atom stereocenters. The molecule has 1 aromatic rings. The van der Waals surface area contributed by atoms with Gasteiger partial charge < -0.3 is 10.1 Å². The lowest BCUT2D eigenvalue weighted by molar-refractivity contribution is -0.114. The van der Waals surface area contributed by atoms with E-state index in [1.807, 2.05) is 0 Å². The number of anilines is 1. The van der Waals surface area contributed by atoms with E-state index >= 15 is 0 Å². The molecule has 1 aromatic heterocycles. The van der Waals surface area contributed by atoms with E-state index in [0.29, 0.717) is 15.7 Å². The van der Waals surface area contributed by atoms with Crippen LogP contribution in [0.1, 0.15) is 29.2 Å². The number of carbonyl (C=O) groups excluding carboxylic acids is 2. The number of ether oxygens (including phenoxy) is 1. The van der Waals surface area contributed by atoms with Crippen molar-refractivity contribution in [3.8, 4) is 0 Å². The molecule has 0 aliphatic rings. The quantitative estimate of drug-likeness (QED) is 0.666. The maximum absolute atomic E-state index is 11.5. The van der Waals surface area contributed by atoms with Gasteiger partial charge in [0.05, 0.1) is 18.2 Å². The molecule has 0 spiro atoms. The lowest BCUT2D eigenvalue weighted by atomic mass is 10.4. The Balaban J connectivity index is 2.94. The topological polar surface area (TPSA) is 68.3 Å². The summed E-state index contributed by atoms with van der Waals surface area (Å²) in [5, 5.41) is 2.85. The number of amides is 1. The summed E-state index contributed by atoms with van der Waals surface area (Å²) in [6.45, 7) is 3.37. The van der Waals surface area contributed by atoms with Crippen LogP contribution in [0.25, 0.3) is 0 Å². The zero-order valence-electron chi connectivity index (χ0n) is 8.87. The van der Waals surface area contributed by atoms with Crippen LogP contribution in [0, 0.1) is 0 Å². The van der Waals surface area contributed by atoms with Crippen molar-refractivity contribution in [3.05, 3.63) is 10.6 Å². The largest absolute Gasteiger partial charge is 0.462 e. The summed E-state index contributed by atoms with van der Waals surface area (Å²) in [6.07, 6.45) is 0. The van der Waals surface area contributed by atoms with E-state index in [9.17, 15) is 9.59 Å². The van der Waals surface area contributed by atoms with Gasteiger partial charge in [0.2, 0.25) is 5.91 Å². The second-order valence-corrected chi connectivity index (χ2v) is 4.10. The van der Waals surface area contributed by atoms with Crippen LogP contribution in [0.5, 0.6) is 0 Å². The second kappa shape index (κ2) is 5.81. The molecule has 0 aliphatic carbocycles. The minimum atomic E-state index is -0.466. The molecule has 1 amide bonds.